The fourth-order valence-electron chi connectivity index (χ4n) is 4.18. The minimum atomic E-state index is -0.910. The number of nitrogens with one attached hydrogen (secondary N) is 2. The molecule has 6 N–H and O–H groups in total. The van der Waals surface area contributed by atoms with E-state index in [4.69, 9.17) is 16.2 Å². The molecule has 8 nitrogen and oxygen atoms in total. The van der Waals surface area contributed by atoms with E-state index in [-0.39, 0.29) is 29.7 Å². The number of fused-ring (bicyclic) bond motifs is 2. The summed E-state index contributed by atoms with van der Waals surface area (Å²) in [6.45, 7) is 0.314. The Kier molecular flexibility index (Phi) is 7.57. The SMILES string of the molecule is NC(=O)[C@H](Cc1ccc2ccccc2c1)NC(=O)c1cccc2c1OCCC2NC(=O)[C@@H](N)CS. The molecule has 0 aromatic heterocycles. The van der Waals surface area contributed by atoms with Crippen LogP contribution in [0.4, 0.5) is 0 Å². The van der Waals surface area contributed by atoms with Crippen molar-refractivity contribution in [3.05, 3.63) is 77.4 Å². The maximum absolute atomic E-state index is 13.2. The topological polar surface area (TPSA) is 137 Å². The quantitative estimate of drug-likeness (QED) is 0.306. The smallest absolute Gasteiger partial charge is 0.255 e. The molecule has 0 saturated heterocycles. The van der Waals surface area contributed by atoms with Crippen LogP contribution in [0.1, 0.15) is 33.9 Å². The van der Waals surface area contributed by atoms with Gasteiger partial charge < -0.3 is 26.8 Å². The molecule has 1 unspecified atom stereocenters. The minimum absolute atomic E-state index is 0.218. The van der Waals surface area contributed by atoms with Crippen molar-refractivity contribution in [2.24, 2.45) is 11.5 Å². The van der Waals surface area contributed by atoms with Crippen molar-refractivity contribution in [2.45, 2.75) is 31.0 Å². The van der Waals surface area contributed by atoms with Gasteiger partial charge in [-0.05, 0) is 22.4 Å². The number of hydrogen-bond donors (Lipinski definition) is 5. The van der Waals surface area contributed by atoms with Gasteiger partial charge in [0.1, 0.15) is 11.8 Å². The van der Waals surface area contributed by atoms with Crippen molar-refractivity contribution in [2.75, 3.05) is 12.4 Å². The molecule has 35 heavy (non-hydrogen) atoms. The first-order valence-corrected chi connectivity index (χ1v) is 12.0. The Morgan fingerprint density at radius 1 is 1.06 bits per heavy atom. The molecule has 3 atom stereocenters. The van der Waals surface area contributed by atoms with Gasteiger partial charge in [-0.15, -0.1) is 0 Å². The molecular formula is C26H28N4O4S. The number of carbonyl (C=O) groups excluding carboxylic acids is 3. The lowest BCUT2D eigenvalue weighted by Gasteiger charge is -2.29. The molecular weight excluding hydrogens is 464 g/mol. The first-order chi connectivity index (χ1) is 16.9. The second-order valence-electron chi connectivity index (χ2n) is 8.53. The Morgan fingerprint density at radius 2 is 1.83 bits per heavy atom. The summed E-state index contributed by atoms with van der Waals surface area (Å²) in [6, 6.07) is 16.9. The zero-order valence-electron chi connectivity index (χ0n) is 19.1. The fourth-order valence-corrected chi connectivity index (χ4v) is 4.34. The molecule has 4 rings (SSSR count). The summed E-state index contributed by atoms with van der Waals surface area (Å²) >= 11 is 4.07. The van der Waals surface area contributed by atoms with E-state index in [0.29, 0.717) is 24.3 Å². The molecule has 0 aliphatic carbocycles. The van der Waals surface area contributed by atoms with E-state index in [1.165, 1.54) is 0 Å². The van der Waals surface area contributed by atoms with Gasteiger partial charge in [0, 0.05) is 24.2 Å². The second-order valence-corrected chi connectivity index (χ2v) is 8.89. The Balaban J connectivity index is 1.53. The van der Waals surface area contributed by atoms with Crippen LogP contribution in [-0.4, -0.2) is 42.2 Å². The molecule has 0 bridgehead atoms. The number of primary amides is 1. The van der Waals surface area contributed by atoms with Gasteiger partial charge in [-0.1, -0.05) is 54.6 Å². The van der Waals surface area contributed by atoms with Crippen LogP contribution in [0.15, 0.2) is 60.7 Å². The van der Waals surface area contributed by atoms with Gasteiger partial charge in [0.2, 0.25) is 11.8 Å². The first-order valence-electron chi connectivity index (χ1n) is 11.4. The van der Waals surface area contributed by atoms with Crippen molar-refractivity contribution in [1.29, 1.82) is 0 Å². The van der Waals surface area contributed by atoms with Crippen molar-refractivity contribution >= 4 is 41.1 Å². The van der Waals surface area contributed by atoms with Crippen molar-refractivity contribution in [3.8, 4) is 5.75 Å². The minimum Gasteiger partial charge on any atom is -0.492 e. The highest BCUT2D eigenvalue weighted by Gasteiger charge is 2.29. The lowest BCUT2D eigenvalue weighted by molar-refractivity contribution is -0.123. The van der Waals surface area contributed by atoms with E-state index in [0.717, 1.165) is 16.3 Å². The Hall–Kier alpha value is -3.56. The van der Waals surface area contributed by atoms with E-state index in [1.54, 1.807) is 18.2 Å². The zero-order chi connectivity index (χ0) is 24.9. The van der Waals surface area contributed by atoms with E-state index in [1.807, 2.05) is 42.5 Å². The number of hydrogen-bond acceptors (Lipinski definition) is 6. The van der Waals surface area contributed by atoms with Crippen molar-refractivity contribution in [1.82, 2.24) is 10.6 Å². The average Bonchev–Trinajstić information content (AvgIpc) is 2.87. The maximum Gasteiger partial charge on any atom is 0.255 e. The van der Waals surface area contributed by atoms with E-state index >= 15 is 0 Å². The highest BCUT2D eigenvalue weighted by molar-refractivity contribution is 7.80. The van der Waals surface area contributed by atoms with Gasteiger partial charge in [0.05, 0.1) is 24.3 Å². The summed E-state index contributed by atoms with van der Waals surface area (Å²) in [5, 5.41) is 7.77. The van der Waals surface area contributed by atoms with Crippen LogP contribution in [0.25, 0.3) is 10.8 Å². The van der Waals surface area contributed by atoms with Crippen LogP contribution in [0.2, 0.25) is 0 Å². The number of para-hydroxylation sites is 1. The number of nitrogens with two attached hydrogens (primary N) is 2. The van der Waals surface area contributed by atoms with Gasteiger partial charge in [0.25, 0.3) is 5.91 Å². The van der Waals surface area contributed by atoms with Crippen LogP contribution < -0.4 is 26.8 Å². The molecule has 0 saturated carbocycles. The number of ether oxygens (including phenoxy) is 1. The van der Waals surface area contributed by atoms with Gasteiger partial charge in [-0.3, -0.25) is 14.4 Å². The molecule has 0 radical (unpaired) electrons. The van der Waals surface area contributed by atoms with Gasteiger partial charge in [-0.25, -0.2) is 0 Å². The van der Waals surface area contributed by atoms with Crippen LogP contribution >= 0.6 is 12.6 Å². The molecule has 182 valence electrons. The zero-order valence-corrected chi connectivity index (χ0v) is 20.0. The number of amides is 3. The lowest BCUT2D eigenvalue weighted by Crippen LogP contribution is -2.46. The Bertz CT molecular complexity index is 1270. The van der Waals surface area contributed by atoms with Crippen LogP contribution in [-0.2, 0) is 16.0 Å². The first kappa shape index (κ1) is 24.6. The predicted octanol–water partition coefficient (Wildman–Crippen LogP) is 1.86. The number of benzene rings is 3. The Labute approximate surface area is 208 Å². The number of carbonyl (C=O) groups is 3. The number of rotatable bonds is 8. The standard InChI is InChI=1S/C26H28N4O4S/c27-20(14-35)26(33)29-21-10-11-34-23-18(21)6-3-7-19(23)25(32)30-22(24(28)31)13-15-8-9-16-4-1-2-5-17(16)12-15/h1-9,12,20-22,35H,10-11,13-14,27H2,(H2,28,31)(H,29,33)(H,30,32)/t20-,21?,22-/m0/s1. The van der Waals surface area contributed by atoms with Crippen LogP contribution in [0.5, 0.6) is 5.75 Å². The molecule has 9 heteroatoms. The average molecular weight is 493 g/mol. The summed E-state index contributed by atoms with van der Waals surface area (Å²) in [5.41, 5.74) is 13.2. The van der Waals surface area contributed by atoms with E-state index in [9.17, 15) is 14.4 Å². The largest absolute Gasteiger partial charge is 0.492 e. The second kappa shape index (κ2) is 10.8. The van der Waals surface area contributed by atoms with Crippen molar-refractivity contribution in [3.63, 3.8) is 0 Å². The van der Waals surface area contributed by atoms with E-state index < -0.39 is 23.9 Å². The molecule has 0 fully saturated rings. The third-order valence-corrected chi connectivity index (χ3v) is 6.46. The van der Waals surface area contributed by atoms with Crippen LogP contribution in [0, 0.1) is 0 Å². The third-order valence-electron chi connectivity index (χ3n) is 6.07. The van der Waals surface area contributed by atoms with Gasteiger partial charge in [0.15, 0.2) is 0 Å². The normalized spacial score (nSPS) is 16.5. The monoisotopic (exact) mass is 492 g/mol. The summed E-state index contributed by atoms with van der Waals surface area (Å²) in [5.74, 6) is -0.851. The molecule has 1 heterocycles. The summed E-state index contributed by atoms with van der Waals surface area (Å²) in [4.78, 5) is 37.7. The molecule has 3 amide bonds. The highest BCUT2D eigenvalue weighted by Crippen LogP contribution is 2.35. The molecule has 3 aromatic carbocycles. The molecule has 0 spiro atoms. The predicted molar refractivity (Wildman–Crippen MR) is 137 cm³/mol. The summed E-state index contributed by atoms with van der Waals surface area (Å²) in [6.07, 6.45) is 0.789. The third kappa shape index (κ3) is 5.58. The lowest BCUT2D eigenvalue weighted by atomic mass is 9.96. The Morgan fingerprint density at radius 3 is 2.57 bits per heavy atom. The summed E-state index contributed by atoms with van der Waals surface area (Å²) in [7, 11) is 0. The van der Waals surface area contributed by atoms with Gasteiger partial charge >= 0.3 is 0 Å². The fraction of sp³-hybridized carbons (Fsp3) is 0.269. The molecule has 1 aliphatic rings. The molecule has 3 aromatic rings. The van der Waals surface area contributed by atoms with Crippen molar-refractivity contribution < 1.29 is 19.1 Å². The summed E-state index contributed by atoms with van der Waals surface area (Å²) < 4.78 is 5.81. The maximum atomic E-state index is 13.2. The number of thiol groups is 1. The van der Waals surface area contributed by atoms with Crippen LogP contribution in [0.3, 0.4) is 0 Å². The van der Waals surface area contributed by atoms with Gasteiger partial charge in [-0.2, -0.15) is 12.6 Å². The van der Waals surface area contributed by atoms with E-state index in [2.05, 4.69) is 23.3 Å². The highest BCUT2D eigenvalue weighted by atomic mass is 32.1. The molecule has 1 aliphatic heterocycles.